The van der Waals surface area contributed by atoms with E-state index in [1.165, 1.54) is 0 Å². The van der Waals surface area contributed by atoms with E-state index in [4.69, 9.17) is 12.2 Å². The third-order valence-electron chi connectivity index (χ3n) is 4.81. The highest BCUT2D eigenvalue weighted by Crippen LogP contribution is 2.36. The lowest BCUT2D eigenvalue weighted by Gasteiger charge is -2.37. The van der Waals surface area contributed by atoms with Crippen LogP contribution in [0.25, 0.3) is 0 Å². The summed E-state index contributed by atoms with van der Waals surface area (Å²) in [4.78, 5) is 2.09. The lowest BCUT2D eigenvalue weighted by atomic mass is 9.90. The van der Waals surface area contributed by atoms with Crippen LogP contribution in [0.15, 0.2) is 18.2 Å². The van der Waals surface area contributed by atoms with E-state index in [2.05, 4.69) is 15.5 Å². The molecule has 0 spiro atoms. The minimum absolute atomic E-state index is 0.0796. The first kappa shape index (κ1) is 22.7. The molecule has 0 aliphatic heterocycles. The van der Waals surface area contributed by atoms with Crippen LogP contribution in [0.3, 0.4) is 0 Å². The van der Waals surface area contributed by atoms with Gasteiger partial charge in [0.05, 0.1) is 11.1 Å². The topological polar surface area (TPSA) is 27.3 Å². The first-order valence-corrected chi connectivity index (χ1v) is 9.28. The molecule has 28 heavy (non-hydrogen) atoms. The molecule has 158 valence electrons. The number of alkyl halides is 6. The summed E-state index contributed by atoms with van der Waals surface area (Å²) in [5.41, 5.74) is -2.81. The molecule has 0 unspecified atom stereocenters. The van der Waals surface area contributed by atoms with Crippen molar-refractivity contribution < 1.29 is 26.3 Å². The van der Waals surface area contributed by atoms with Crippen LogP contribution in [0, 0.1) is 0 Å². The maximum atomic E-state index is 12.9. The van der Waals surface area contributed by atoms with Gasteiger partial charge >= 0.3 is 12.4 Å². The summed E-state index contributed by atoms with van der Waals surface area (Å²) in [5, 5.41) is 6.09. The summed E-state index contributed by atoms with van der Waals surface area (Å²) in [5.74, 6) is 0. The highest BCUT2D eigenvalue weighted by atomic mass is 32.1. The van der Waals surface area contributed by atoms with E-state index in [1.54, 1.807) is 0 Å². The molecule has 2 atom stereocenters. The Labute approximate surface area is 165 Å². The van der Waals surface area contributed by atoms with Crippen molar-refractivity contribution in [3.8, 4) is 0 Å². The lowest BCUT2D eigenvalue weighted by Crippen LogP contribution is -2.53. The molecule has 1 aromatic rings. The molecule has 2 N–H and O–H groups in total. The van der Waals surface area contributed by atoms with Crippen LogP contribution < -0.4 is 10.6 Å². The molecule has 1 saturated carbocycles. The zero-order chi connectivity index (χ0) is 21.1. The van der Waals surface area contributed by atoms with Crippen molar-refractivity contribution in [3.63, 3.8) is 0 Å². The molecule has 0 bridgehead atoms. The van der Waals surface area contributed by atoms with Crippen molar-refractivity contribution in [2.75, 3.05) is 14.1 Å². The molecule has 1 fully saturated rings. The van der Waals surface area contributed by atoms with Gasteiger partial charge < -0.3 is 15.5 Å². The van der Waals surface area contributed by atoms with Gasteiger partial charge in [-0.1, -0.05) is 12.8 Å². The first-order valence-electron chi connectivity index (χ1n) is 8.87. The number of thiocarbonyl (C=S) groups is 1. The second-order valence-corrected chi connectivity index (χ2v) is 7.57. The summed E-state index contributed by atoms with van der Waals surface area (Å²) in [7, 11) is 3.92. The number of nitrogens with one attached hydrogen (secondary N) is 2. The van der Waals surface area contributed by atoms with E-state index in [1.807, 2.05) is 14.1 Å². The molecule has 10 heteroatoms. The number of rotatable bonds is 4. The van der Waals surface area contributed by atoms with E-state index in [0.717, 1.165) is 25.7 Å². The Balaban J connectivity index is 2.07. The molecule has 0 amide bonds. The van der Waals surface area contributed by atoms with Gasteiger partial charge in [0.2, 0.25) is 0 Å². The molecule has 0 radical (unpaired) electrons. The van der Waals surface area contributed by atoms with Crippen LogP contribution in [0.4, 0.5) is 26.3 Å². The van der Waals surface area contributed by atoms with E-state index < -0.39 is 23.5 Å². The first-order chi connectivity index (χ1) is 12.9. The van der Waals surface area contributed by atoms with Gasteiger partial charge in [0.25, 0.3) is 0 Å². The fraction of sp³-hybridized carbons (Fsp3) is 0.611. The Bertz CT molecular complexity index is 655. The van der Waals surface area contributed by atoms with Gasteiger partial charge in [0.1, 0.15) is 0 Å². The molecular formula is C18H23F6N3S. The van der Waals surface area contributed by atoms with Gasteiger partial charge in [0, 0.05) is 18.6 Å². The highest BCUT2D eigenvalue weighted by Gasteiger charge is 2.37. The van der Waals surface area contributed by atoms with Crippen LogP contribution in [0.1, 0.15) is 42.4 Å². The van der Waals surface area contributed by atoms with Crippen molar-refractivity contribution in [1.82, 2.24) is 15.5 Å². The molecule has 1 aliphatic carbocycles. The summed E-state index contributed by atoms with van der Waals surface area (Å²) in [6.45, 7) is -0.238. The van der Waals surface area contributed by atoms with Crippen molar-refractivity contribution in [2.45, 2.75) is 56.7 Å². The Morgan fingerprint density at radius 1 is 1.00 bits per heavy atom. The zero-order valence-electron chi connectivity index (χ0n) is 15.5. The maximum Gasteiger partial charge on any atom is 0.416 e. The smallest absolute Gasteiger partial charge is 0.359 e. The third kappa shape index (κ3) is 6.23. The van der Waals surface area contributed by atoms with Crippen molar-refractivity contribution in [2.24, 2.45) is 0 Å². The number of halogens is 6. The Morgan fingerprint density at radius 2 is 1.54 bits per heavy atom. The molecule has 0 aromatic heterocycles. The van der Waals surface area contributed by atoms with Gasteiger partial charge in [0.15, 0.2) is 5.11 Å². The number of likely N-dealkylation sites (N-methyl/N-ethyl adjacent to an activating group) is 1. The van der Waals surface area contributed by atoms with Gasteiger partial charge in [-0.05, 0) is 62.9 Å². The Morgan fingerprint density at radius 3 is 2.04 bits per heavy atom. The van der Waals surface area contributed by atoms with E-state index in [-0.39, 0.29) is 35.4 Å². The second-order valence-electron chi connectivity index (χ2n) is 7.16. The van der Waals surface area contributed by atoms with Crippen LogP contribution in [0.5, 0.6) is 0 Å². The number of benzene rings is 1. The summed E-state index contributed by atoms with van der Waals surface area (Å²) < 4.78 is 77.6. The molecule has 1 aliphatic rings. The standard InChI is InChI=1S/C18H23F6N3S/c1-27(2)15-6-4-3-5-14(15)26-16(28)25-10-11-7-12(17(19,20)21)9-13(8-11)18(22,23)24/h7-9,14-15H,3-6,10H2,1-2H3,(H2,25,26,28)/t14-,15-/m1/s1. The molecule has 0 heterocycles. The van der Waals surface area contributed by atoms with Crippen LogP contribution in [0.2, 0.25) is 0 Å². The predicted octanol–water partition coefficient (Wildman–Crippen LogP) is 4.56. The Kier molecular flexibility index (Phi) is 7.19. The van der Waals surface area contributed by atoms with Crippen LogP contribution in [-0.4, -0.2) is 36.2 Å². The highest BCUT2D eigenvalue weighted by molar-refractivity contribution is 7.80. The van der Waals surface area contributed by atoms with E-state index in [0.29, 0.717) is 12.1 Å². The van der Waals surface area contributed by atoms with E-state index in [9.17, 15) is 26.3 Å². The van der Waals surface area contributed by atoms with Gasteiger partial charge in [-0.2, -0.15) is 26.3 Å². The fourth-order valence-corrected chi connectivity index (χ4v) is 3.64. The lowest BCUT2D eigenvalue weighted by molar-refractivity contribution is -0.143. The average molecular weight is 427 g/mol. The molecular weight excluding hydrogens is 404 g/mol. The summed E-state index contributed by atoms with van der Waals surface area (Å²) in [6, 6.07) is 1.86. The van der Waals surface area contributed by atoms with Gasteiger partial charge in [-0.15, -0.1) is 0 Å². The predicted molar refractivity (Wildman–Crippen MR) is 98.8 cm³/mol. The van der Waals surface area contributed by atoms with Gasteiger partial charge in [-0.3, -0.25) is 0 Å². The molecule has 0 saturated heterocycles. The average Bonchev–Trinajstić information content (AvgIpc) is 2.58. The van der Waals surface area contributed by atoms with Crippen molar-refractivity contribution in [3.05, 3.63) is 34.9 Å². The minimum atomic E-state index is -4.87. The maximum absolute atomic E-state index is 12.9. The minimum Gasteiger partial charge on any atom is -0.359 e. The number of hydrogen-bond acceptors (Lipinski definition) is 2. The van der Waals surface area contributed by atoms with E-state index >= 15 is 0 Å². The quantitative estimate of drug-likeness (QED) is 0.544. The summed E-state index contributed by atoms with van der Waals surface area (Å²) >= 11 is 5.20. The molecule has 2 rings (SSSR count). The molecule has 1 aromatic carbocycles. The van der Waals surface area contributed by atoms with Crippen molar-refractivity contribution >= 4 is 17.3 Å². The Hall–Kier alpha value is -1.55. The van der Waals surface area contributed by atoms with Crippen molar-refractivity contribution in [1.29, 1.82) is 0 Å². The van der Waals surface area contributed by atoms with Gasteiger partial charge in [-0.25, -0.2) is 0 Å². The van der Waals surface area contributed by atoms with Crippen LogP contribution >= 0.6 is 12.2 Å². The van der Waals surface area contributed by atoms with Crippen LogP contribution in [-0.2, 0) is 18.9 Å². The monoisotopic (exact) mass is 427 g/mol. The zero-order valence-corrected chi connectivity index (χ0v) is 16.4. The fourth-order valence-electron chi connectivity index (χ4n) is 3.42. The number of hydrogen-bond donors (Lipinski definition) is 2. The number of nitrogens with zero attached hydrogens (tertiary/aromatic N) is 1. The largest absolute Gasteiger partial charge is 0.416 e. The summed E-state index contributed by atoms with van der Waals surface area (Å²) in [6.07, 6.45) is -5.70. The third-order valence-corrected chi connectivity index (χ3v) is 5.07. The molecule has 3 nitrogen and oxygen atoms in total. The SMILES string of the molecule is CN(C)[C@@H]1CCCC[C@H]1NC(=S)NCc1cc(C(F)(F)F)cc(C(F)(F)F)c1. The normalized spacial score (nSPS) is 20.9. The second kappa shape index (κ2) is 8.86.